The molecular weight excluding hydrogens is 282 g/mol. The average molecular weight is 298 g/mol. The van der Waals surface area contributed by atoms with Crippen molar-refractivity contribution < 1.29 is 14.7 Å². The maximum absolute atomic E-state index is 12.2. The third-order valence-electron chi connectivity index (χ3n) is 3.45. The molecule has 20 heavy (non-hydrogen) atoms. The van der Waals surface area contributed by atoms with Crippen LogP contribution in [0.1, 0.15) is 17.4 Å². The van der Waals surface area contributed by atoms with Crippen LogP contribution in [0.25, 0.3) is 0 Å². The van der Waals surface area contributed by atoms with Crippen molar-refractivity contribution in [2.45, 2.75) is 13.0 Å². The van der Waals surface area contributed by atoms with E-state index in [1.54, 1.807) is 24.0 Å². The summed E-state index contributed by atoms with van der Waals surface area (Å²) in [5, 5.41) is 9.46. The van der Waals surface area contributed by atoms with E-state index in [-0.39, 0.29) is 5.91 Å². The normalized spacial score (nSPS) is 17.8. The van der Waals surface area contributed by atoms with E-state index in [2.05, 4.69) is 4.98 Å². The van der Waals surface area contributed by atoms with E-state index < -0.39 is 12.0 Å². The molecule has 1 aliphatic rings. The van der Waals surface area contributed by atoms with Crippen LogP contribution in [0.15, 0.2) is 18.3 Å². The van der Waals surface area contributed by atoms with E-state index in [0.717, 1.165) is 0 Å². The summed E-state index contributed by atoms with van der Waals surface area (Å²) in [5.74, 6) is -0.992. The highest BCUT2D eigenvalue weighted by atomic mass is 35.5. The van der Waals surface area contributed by atoms with Crippen molar-refractivity contribution in [2.75, 3.05) is 26.2 Å². The topological polar surface area (TPSA) is 73.7 Å². The number of nitrogens with zero attached hydrogens (tertiary/aromatic N) is 3. The molecule has 0 bridgehead atoms. The molecule has 2 rings (SSSR count). The number of amides is 1. The number of carbonyl (C=O) groups excluding carboxylic acids is 1. The van der Waals surface area contributed by atoms with Gasteiger partial charge in [-0.15, -0.1) is 0 Å². The summed E-state index contributed by atoms with van der Waals surface area (Å²) in [6.07, 6.45) is 1.44. The summed E-state index contributed by atoms with van der Waals surface area (Å²) >= 11 is 5.74. The van der Waals surface area contributed by atoms with Crippen LogP contribution in [-0.4, -0.2) is 64.0 Å². The number of halogens is 1. The first-order chi connectivity index (χ1) is 9.49. The quantitative estimate of drug-likeness (QED) is 0.900. The number of carboxylic acids is 1. The molecule has 0 spiro atoms. The number of hydrogen-bond acceptors (Lipinski definition) is 4. The minimum absolute atomic E-state index is 0.149. The van der Waals surface area contributed by atoms with Gasteiger partial charge in [0.1, 0.15) is 11.7 Å². The molecule has 108 valence electrons. The lowest BCUT2D eigenvalue weighted by Crippen LogP contribution is -2.53. The lowest BCUT2D eigenvalue weighted by atomic mass is 10.2. The van der Waals surface area contributed by atoms with Crippen LogP contribution in [0.2, 0.25) is 5.02 Å². The van der Waals surface area contributed by atoms with Crippen molar-refractivity contribution >= 4 is 23.5 Å². The number of piperazine rings is 1. The number of aliphatic carboxylic acids is 1. The molecule has 0 radical (unpaired) electrons. The second-order valence-corrected chi connectivity index (χ2v) is 5.14. The van der Waals surface area contributed by atoms with E-state index in [0.29, 0.717) is 36.9 Å². The molecule has 1 fully saturated rings. The van der Waals surface area contributed by atoms with Gasteiger partial charge in [0.15, 0.2) is 0 Å². The second-order valence-electron chi connectivity index (χ2n) is 4.70. The Morgan fingerprint density at radius 2 is 1.95 bits per heavy atom. The van der Waals surface area contributed by atoms with Crippen molar-refractivity contribution in [2.24, 2.45) is 0 Å². The first-order valence-corrected chi connectivity index (χ1v) is 6.74. The first kappa shape index (κ1) is 14.7. The Balaban J connectivity index is 1.95. The summed E-state index contributed by atoms with van der Waals surface area (Å²) in [4.78, 5) is 30.7. The molecule has 6 nitrogen and oxygen atoms in total. The lowest BCUT2D eigenvalue weighted by Gasteiger charge is -2.36. The number of carboxylic acid groups (broad SMARTS) is 1. The van der Waals surface area contributed by atoms with E-state index >= 15 is 0 Å². The molecule has 1 aliphatic heterocycles. The molecule has 1 unspecified atom stereocenters. The standard InChI is InChI=1S/C13H16ClN3O3/c1-9(13(19)20)16-4-6-17(7-5-16)12(18)11-3-2-10(14)8-15-11/h2-3,8-9H,4-7H2,1H3,(H,19,20). The Hall–Kier alpha value is -1.66. The summed E-state index contributed by atoms with van der Waals surface area (Å²) < 4.78 is 0. The first-order valence-electron chi connectivity index (χ1n) is 6.36. The predicted octanol–water partition coefficient (Wildman–Crippen LogP) is 0.966. The van der Waals surface area contributed by atoms with Crippen LogP contribution in [0, 0.1) is 0 Å². The van der Waals surface area contributed by atoms with Gasteiger partial charge in [0.2, 0.25) is 0 Å². The molecule has 2 heterocycles. The van der Waals surface area contributed by atoms with Gasteiger partial charge in [0.25, 0.3) is 5.91 Å². The maximum Gasteiger partial charge on any atom is 0.320 e. The average Bonchev–Trinajstić information content (AvgIpc) is 2.46. The van der Waals surface area contributed by atoms with Crippen molar-refractivity contribution in [3.63, 3.8) is 0 Å². The number of carbonyl (C=O) groups is 2. The molecule has 1 aromatic rings. The van der Waals surface area contributed by atoms with Gasteiger partial charge in [-0.3, -0.25) is 14.5 Å². The number of rotatable bonds is 3. The molecule has 0 aliphatic carbocycles. The Kier molecular flexibility index (Phi) is 4.57. The molecule has 0 saturated carbocycles. The van der Waals surface area contributed by atoms with Crippen LogP contribution in [0.4, 0.5) is 0 Å². The van der Waals surface area contributed by atoms with Crippen LogP contribution in [0.5, 0.6) is 0 Å². The molecular formula is C13H16ClN3O3. The van der Waals surface area contributed by atoms with Gasteiger partial charge in [-0.25, -0.2) is 4.98 Å². The highest BCUT2D eigenvalue weighted by Gasteiger charge is 2.27. The highest BCUT2D eigenvalue weighted by Crippen LogP contribution is 2.11. The Labute approximate surface area is 122 Å². The third kappa shape index (κ3) is 3.26. The SMILES string of the molecule is CC(C(=O)O)N1CCN(C(=O)c2ccc(Cl)cn2)CC1. The Morgan fingerprint density at radius 1 is 1.30 bits per heavy atom. The van der Waals surface area contributed by atoms with Gasteiger partial charge in [0, 0.05) is 32.4 Å². The van der Waals surface area contributed by atoms with Gasteiger partial charge in [-0.05, 0) is 19.1 Å². The highest BCUT2D eigenvalue weighted by molar-refractivity contribution is 6.30. The van der Waals surface area contributed by atoms with E-state index in [1.165, 1.54) is 6.20 Å². The largest absolute Gasteiger partial charge is 0.480 e. The summed E-state index contributed by atoms with van der Waals surface area (Å²) in [6, 6.07) is 2.70. The van der Waals surface area contributed by atoms with Crippen molar-refractivity contribution in [1.82, 2.24) is 14.8 Å². The van der Waals surface area contributed by atoms with Gasteiger partial charge < -0.3 is 10.0 Å². The van der Waals surface area contributed by atoms with Crippen LogP contribution in [-0.2, 0) is 4.79 Å². The maximum atomic E-state index is 12.2. The minimum atomic E-state index is -0.843. The Bertz CT molecular complexity index is 498. The number of pyridine rings is 1. The number of aromatic nitrogens is 1. The van der Waals surface area contributed by atoms with Gasteiger partial charge in [-0.1, -0.05) is 11.6 Å². The van der Waals surface area contributed by atoms with Gasteiger partial charge in [0.05, 0.1) is 5.02 Å². The molecule has 0 aromatic carbocycles. The zero-order valence-electron chi connectivity index (χ0n) is 11.1. The van der Waals surface area contributed by atoms with E-state index in [1.807, 2.05) is 4.90 Å². The predicted molar refractivity (Wildman–Crippen MR) is 73.8 cm³/mol. The Morgan fingerprint density at radius 3 is 2.45 bits per heavy atom. The van der Waals surface area contributed by atoms with Gasteiger partial charge >= 0.3 is 5.97 Å². The fraction of sp³-hybridized carbons (Fsp3) is 0.462. The fourth-order valence-corrected chi connectivity index (χ4v) is 2.24. The number of hydrogen-bond donors (Lipinski definition) is 1. The molecule has 1 amide bonds. The zero-order chi connectivity index (χ0) is 14.7. The summed E-state index contributed by atoms with van der Waals surface area (Å²) in [7, 11) is 0. The van der Waals surface area contributed by atoms with Crippen LogP contribution >= 0.6 is 11.6 Å². The molecule has 1 N–H and O–H groups in total. The molecule has 1 aromatic heterocycles. The minimum Gasteiger partial charge on any atom is -0.480 e. The van der Waals surface area contributed by atoms with Crippen molar-refractivity contribution in [1.29, 1.82) is 0 Å². The van der Waals surface area contributed by atoms with Gasteiger partial charge in [-0.2, -0.15) is 0 Å². The monoisotopic (exact) mass is 297 g/mol. The summed E-state index contributed by atoms with van der Waals surface area (Å²) in [5.41, 5.74) is 0.356. The molecule has 1 saturated heterocycles. The molecule has 7 heteroatoms. The second kappa shape index (κ2) is 6.19. The van der Waals surface area contributed by atoms with E-state index in [4.69, 9.17) is 16.7 Å². The summed E-state index contributed by atoms with van der Waals surface area (Å²) in [6.45, 7) is 3.75. The third-order valence-corrected chi connectivity index (χ3v) is 3.68. The van der Waals surface area contributed by atoms with Crippen LogP contribution < -0.4 is 0 Å². The van der Waals surface area contributed by atoms with Crippen molar-refractivity contribution in [3.8, 4) is 0 Å². The molecule has 1 atom stereocenters. The smallest absolute Gasteiger partial charge is 0.320 e. The fourth-order valence-electron chi connectivity index (χ4n) is 2.13. The van der Waals surface area contributed by atoms with Crippen LogP contribution in [0.3, 0.4) is 0 Å². The van der Waals surface area contributed by atoms with E-state index in [9.17, 15) is 9.59 Å². The zero-order valence-corrected chi connectivity index (χ0v) is 11.9. The van der Waals surface area contributed by atoms with Crippen molar-refractivity contribution in [3.05, 3.63) is 29.0 Å². The lowest BCUT2D eigenvalue weighted by molar-refractivity contribution is -0.143.